The van der Waals surface area contributed by atoms with E-state index in [4.69, 9.17) is 11.2 Å². The largest absolute Gasteiger partial charge is 0.444 e. The van der Waals surface area contributed by atoms with Crippen LogP contribution in [-0.2, 0) is 4.74 Å². The van der Waals surface area contributed by atoms with Gasteiger partial charge in [-0.1, -0.05) is 18.1 Å². The Kier molecular flexibility index (Phi) is 7.84. The van der Waals surface area contributed by atoms with Crippen LogP contribution >= 0.6 is 0 Å². The van der Waals surface area contributed by atoms with E-state index in [0.717, 1.165) is 19.3 Å². The molecule has 5 nitrogen and oxygen atoms in total. The van der Waals surface area contributed by atoms with Gasteiger partial charge in [0.05, 0.1) is 5.56 Å². The lowest BCUT2D eigenvalue weighted by atomic mass is 10.1. The standard InChI is InChI=1S/C19H26N2O3/c1-5-15-11-7-8-12-16(15)17(22)20-13-9-6-10-14-21-18(23)24-19(2,3)4/h1,7-8,11-12H,6,9-10,13-14H2,2-4H3,(H,20,22)(H,21,23). The van der Waals surface area contributed by atoms with E-state index in [1.54, 1.807) is 18.2 Å². The highest BCUT2D eigenvalue weighted by atomic mass is 16.6. The normalized spacial score (nSPS) is 10.6. The number of terminal acetylenes is 1. The molecule has 0 aliphatic rings. The topological polar surface area (TPSA) is 67.4 Å². The Hall–Kier alpha value is -2.48. The molecule has 1 aromatic rings. The van der Waals surface area contributed by atoms with Crippen LogP contribution in [0.4, 0.5) is 4.79 Å². The summed E-state index contributed by atoms with van der Waals surface area (Å²) < 4.78 is 5.14. The lowest BCUT2D eigenvalue weighted by Crippen LogP contribution is -2.33. The second-order valence-electron chi connectivity index (χ2n) is 6.44. The molecule has 130 valence electrons. The van der Waals surface area contributed by atoms with E-state index in [0.29, 0.717) is 24.2 Å². The molecule has 0 spiro atoms. The predicted molar refractivity (Wildman–Crippen MR) is 94.8 cm³/mol. The molecule has 1 aromatic carbocycles. The van der Waals surface area contributed by atoms with E-state index in [9.17, 15) is 9.59 Å². The SMILES string of the molecule is C#Cc1ccccc1C(=O)NCCCCCNC(=O)OC(C)(C)C. The minimum absolute atomic E-state index is 0.157. The van der Waals surface area contributed by atoms with Gasteiger partial charge in [0.2, 0.25) is 0 Å². The monoisotopic (exact) mass is 330 g/mol. The number of rotatable bonds is 7. The maximum atomic E-state index is 12.1. The van der Waals surface area contributed by atoms with Gasteiger partial charge in [-0.2, -0.15) is 0 Å². The van der Waals surface area contributed by atoms with Crippen molar-refractivity contribution >= 4 is 12.0 Å². The van der Waals surface area contributed by atoms with Gasteiger partial charge in [0.15, 0.2) is 0 Å². The van der Waals surface area contributed by atoms with Crippen LogP contribution in [0.2, 0.25) is 0 Å². The molecular formula is C19H26N2O3. The Balaban J connectivity index is 2.15. The average Bonchev–Trinajstić information content (AvgIpc) is 2.52. The smallest absolute Gasteiger partial charge is 0.407 e. The molecule has 2 amide bonds. The Morgan fingerprint density at radius 2 is 1.71 bits per heavy atom. The first-order valence-corrected chi connectivity index (χ1v) is 8.14. The fraction of sp³-hybridized carbons (Fsp3) is 0.474. The molecule has 0 unspecified atom stereocenters. The highest BCUT2D eigenvalue weighted by Gasteiger charge is 2.15. The molecule has 0 aliphatic heterocycles. The molecule has 0 aromatic heterocycles. The number of carbonyl (C=O) groups excluding carboxylic acids is 2. The van der Waals surface area contributed by atoms with Gasteiger partial charge >= 0.3 is 6.09 Å². The van der Waals surface area contributed by atoms with E-state index in [1.807, 2.05) is 26.8 Å². The summed E-state index contributed by atoms with van der Waals surface area (Å²) in [4.78, 5) is 23.5. The van der Waals surface area contributed by atoms with Crippen molar-refractivity contribution in [3.63, 3.8) is 0 Å². The molecule has 5 heteroatoms. The van der Waals surface area contributed by atoms with Gasteiger partial charge in [-0.15, -0.1) is 6.42 Å². The lowest BCUT2D eigenvalue weighted by Gasteiger charge is -2.19. The van der Waals surface area contributed by atoms with Gasteiger partial charge in [-0.3, -0.25) is 4.79 Å². The summed E-state index contributed by atoms with van der Waals surface area (Å²) in [5.41, 5.74) is 0.631. The Bertz CT molecular complexity index is 597. The third-order valence-corrected chi connectivity index (χ3v) is 3.13. The summed E-state index contributed by atoms with van der Waals surface area (Å²) in [5.74, 6) is 2.35. The molecule has 0 saturated carbocycles. The molecule has 0 bridgehead atoms. The third kappa shape index (κ3) is 7.68. The van der Waals surface area contributed by atoms with Crippen LogP contribution in [0.25, 0.3) is 0 Å². The van der Waals surface area contributed by atoms with Gasteiger partial charge < -0.3 is 15.4 Å². The molecule has 0 radical (unpaired) electrons. The van der Waals surface area contributed by atoms with Crippen LogP contribution in [0.1, 0.15) is 56.0 Å². The van der Waals surface area contributed by atoms with Gasteiger partial charge in [-0.25, -0.2) is 4.79 Å². The summed E-state index contributed by atoms with van der Waals surface area (Å²) >= 11 is 0. The molecule has 0 saturated heterocycles. The minimum Gasteiger partial charge on any atom is -0.444 e. The Labute approximate surface area is 144 Å². The van der Waals surface area contributed by atoms with Gasteiger partial charge in [0.25, 0.3) is 5.91 Å². The number of nitrogens with one attached hydrogen (secondary N) is 2. The molecule has 0 fully saturated rings. The molecular weight excluding hydrogens is 304 g/mol. The average molecular weight is 330 g/mol. The number of hydrogen-bond donors (Lipinski definition) is 2. The van der Waals surface area contributed by atoms with Gasteiger partial charge in [0, 0.05) is 18.7 Å². The highest BCUT2D eigenvalue weighted by molar-refractivity contribution is 5.96. The predicted octanol–water partition coefficient (Wildman–Crippen LogP) is 3.09. The Morgan fingerprint density at radius 1 is 1.08 bits per heavy atom. The van der Waals surface area contributed by atoms with Crippen molar-refractivity contribution in [2.45, 2.75) is 45.6 Å². The number of amides is 2. The second-order valence-corrected chi connectivity index (χ2v) is 6.44. The van der Waals surface area contributed by atoms with Crippen LogP contribution in [0.15, 0.2) is 24.3 Å². The zero-order chi connectivity index (χ0) is 18.0. The highest BCUT2D eigenvalue weighted by Crippen LogP contribution is 2.07. The summed E-state index contributed by atoms with van der Waals surface area (Å²) in [7, 11) is 0. The number of hydrogen-bond acceptors (Lipinski definition) is 3. The molecule has 1 rings (SSSR count). The summed E-state index contributed by atoms with van der Waals surface area (Å²) in [5, 5.41) is 5.57. The maximum Gasteiger partial charge on any atom is 0.407 e. The van der Waals surface area contributed by atoms with Crippen LogP contribution < -0.4 is 10.6 Å². The molecule has 0 atom stereocenters. The number of benzene rings is 1. The van der Waals surface area contributed by atoms with E-state index in [1.165, 1.54) is 0 Å². The number of unbranched alkanes of at least 4 members (excludes halogenated alkanes) is 2. The van der Waals surface area contributed by atoms with Crippen molar-refractivity contribution in [3.05, 3.63) is 35.4 Å². The van der Waals surface area contributed by atoms with Crippen molar-refractivity contribution in [2.75, 3.05) is 13.1 Å². The zero-order valence-corrected chi connectivity index (χ0v) is 14.6. The molecule has 0 heterocycles. The van der Waals surface area contributed by atoms with Crippen LogP contribution in [0.5, 0.6) is 0 Å². The quantitative estimate of drug-likeness (QED) is 0.596. The maximum absolute atomic E-state index is 12.1. The molecule has 2 N–H and O–H groups in total. The van der Waals surface area contributed by atoms with Crippen molar-refractivity contribution < 1.29 is 14.3 Å². The van der Waals surface area contributed by atoms with Crippen molar-refractivity contribution in [1.29, 1.82) is 0 Å². The zero-order valence-electron chi connectivity index (χ0n) is 14.6. The first-order valence-electron chi connectivity index (χ1n) is 8.14. The minimum atomic E-state index is -0.483. The number of carbonyl (C=O) groups is 2. The molecule has 0 aliphatic carbocycles. The molecule has 24 heavy (non-hydrogen) atoms. The van der Waals surface area contributed by atoms with E-state index in [2.05, 4.69) is 16.6 Å². The fourth-order valence-corrected chi connectivity index (χ4v) is 2.04. The summed E-state index contributed by atoms with van der Waals surface area (Å²) in [6, 6.07) is 7.06. The number of alkyl carbamates (subject to hydrolysis) is 1. The fourth-order valence-electron chi connectivity index (χ4n) is 2.04. The van der Waals surface area contributed by atoms with Gasteiger partial charge in [-0.05, 0) is 52.2 Å². The van der Waals surface area contributed by atoms with E-state index < -0.39 is 11.7 Å². The van der Waals surface area contributed by atoms with Crippen molar-refractivity contribution in [1.82, 2.24) is 10.6 Å². The van der Waals surface area contributed by atoms with Gasteiger partial charge in [0.1, 0.15) is 5.60 Å². The van der Waals surface area contributed by atoms with Crippen molar-refractivity contribution in [3.8, 4) is 12.3 Å². The van der Waals surface area contributed by atoms with Crippen molar-refractivity contribution in [2.24, 2.45) is 0 Å². The lowest BCUT2D eigenvalue weighted by molar-refractivity contribution is 0.0527. The van der Waals surface area contributed by atoms with Crippen LogP contribution in [0.3, 0.4) is 0 Å². The third-order valence-electron chi connectivity index (χ3n) is 3.13. The summed E-state index contributed by atoms with van der Waals surface area (Å²) in [6.45, 7) is 6.61. The van der Waals surface area contributed by atoms with Crippen LogP contribution in [0, 0.1) is 12.3 Å². The first-order chi connectivity index (χ1) is 11.3. The van der Waals surface area contributed by atoms with Crippen LogP contribution in [-0.4, -0.2) is 30.7 Å². The van der Waals surface area contributed by atoms with E-state index in [-0.39, 0.29) is 5.91 Å². The summed E-state index contributed by atoms with van der Waals surface area (Å²) in [6.07, 6.45) is 7.54. The second kappa shape index (κ2) is 9.61. The van der Waals surface area contributed by atoms with E-state index >= 15 is 0 Å². The Morgan fingerprint density at radius 3 is 2.33 bits per heavy atom. The number of ether oxygens (including phenoxy) is 1. The first kappa shape index (κ1) is 19.6.